The highest BCUT2D eigenvalue weighted by molar-refractivity contribution is 5.29. The van der Waals surface area contributed by atoms with Crippen LogP contribution in [0, 0.1) is 0 Å². The van der Waals surface area contributed by atoms with Crippen LogP contribution in [-0.2, 0) is 6.54 Å². The van der Waals surface area contributed by atoms with Gasteiger partial charge in [0.25, 0.3) is 0 Å². The predicted octanol–water partition coefficient (Wildman–Crippen LogP) is -0.724. The molecule has 15 heavy (non-hydrogen) atoms. The second-order valence-corrected chi connectivity index (χ2v) is 4.06. The van der Waals surface area contributed by atoms with Crippen LogP contribution in [0.3, 0.4) is 0 Å². The fourth-order valence-electron chi connectivity index (χ4n) is 1.66. The van der Waals surface area contributed by atoms with E-state index in [-0.39, 0.29) is 0 Å². The highest BCUT2D eigenvalue weighted by Gasteiger charge is 2.14. The van der Waals surface area contributed by atoms with E-state index in [9.17, 15) is 0 Å². The lowest BCUT2D eigenvalue weighted by Crippen LogP contribution is -2.44. The van der Waals surface area contributed by atoms with Crippen LogP contribution in [0.2, 0.25) is 0 Å². The van der Waals surface area contributed by atoms with Crippen LogP contribution < -0.4 is 10.2 Å². The van der Waals surface area contributed by atoms with E-state index >= 15 is 0 Å². The zero-order valence-electron chi connectivity index (χ0n) is 9.32. The standard InChI is InChI=1S/C9H18N6/c1-14(2)7-8-11-9(13-12-8)15-5-3-10-4-6-15/h10H,3-7H2,1-2H3,(H,11,12,13). The average Bonchev–Trinajstić information content (AvgIpc) is 2.67. The van der Waals surface area contributed by atoms with Crippen LogP contribution in [0.25, 0.3) is 0 Å². The van der Waals surface area contributed by atoms with Gasteiger partial charge in [0.15, 0.2) is 0 Å². The molecule has 2 N–H and O–H groups in total. The maximum atomic E-state index is 4.46. The molecule has 1 aliphatic rings. The minimum Gasteiger partial charge on any atom is -0.337 e. The molecular formula is C9H18N6. The van der Waals surface area contributed by atoms with Crippen LogP contribution in [0.4, 0.5) is 5.95 Å². The van der Waals surface area contributed by atoms with Crippen LogP contribution in [0.1, 0.15) is 5.82 Å². The highest BCUT2D eigenvalue weighted by Crippen LogP contribution is 2.08. The Hall–Kier alpha value is -1.14. The van der Waals surface area contributed by atoms with Crippen LogP contribution in [0.15, 0.2) is 0 Å². The van der Waals surface area contributed by atoms with Crippen molar-refractivity contribution < 1.29 is 0 Å². The number of aromatic amines is 1. The zero-order chi connectivity index (χ0) is 10.7. The van der Waals surface area contributed by atoms with E-state index in [2.05, 4.69) is 30.3 Å². The van der Waals surface area contributed by atoms with Gasteiger partial charge in [-0.2, -0.15) is 4.98 Å². The number of rotatable bonds is 3. The van der Waals surface area contributed by atoms with Gasteiger partial charge in [-0.05, 0) is 14.1 Å². The Morgan fingerprint density at radius 1 is 1.33 bits per heavy atom. The van der Waals surface area contributed by atoms with Crippen molar-refractivity contribution in [2.24, 2.45) is 0 Å². The molecule has 0 saturated carbocycles. The molecule has 1 fully saturated rings. The molecule has 0 spiro atoms. The van der Waals surface area contributed by atoms with Gasteiger partial charge in [-0.3, -0.25) is 5.10 Å². The fraction of sp³-hybridized carbons (Fsp3) is 0.778. The maximum absolute atomic E-state index is 4.46. The van der Waals surface area contributed by atoms with Gasteiger partial charge in [0, 0.05) is 26.2 Å². The second-order valence-electron chi connectivity index (χ2n) is 4.06. The van der Waals surface area contributed by atoms with Gasteiger partial charge >= 0.3 is 0 Å². The van der Waals surface area contributed by atoms with Crippen molar-refractivity contribution in [2.45, 2.75) is 6.54 Å². The summed E-state index contributed by atoms with van der Waals surface area (Å²) in [5, 5.41) is 10.5. The summed E-state index contributed by atoms with van der Waals surface area (Å²) in [6.45, 7) is 4.80. The molecule has 6 heteroatoms. The summed E-state index contributed by atoms with van der Waals surface area (Å²) in [7, 11) is 4.04. The first kappa shape index (κ1) is 10.4. The number of nitrogens with zero attached hydrogens (tertiary/aromatic N) is 4. The summed E-state index contributed by atoms with van der Waals surface area (Å²) in [5.41, 5.74) is 0. The van der Waals surface area contributed by atoms with Crippen molar-refractivity contribution in [2.75, 3.05) is 45.2 Å². The quantitative estimate of drug-likeness (QED) is 0.689. The Balaban J connectivity index is 1.99. The molecule has 0 atom stereocenters. The molecule has 1 aromatic heterocycles. The summed E-state index contributed by atoms with van der Waals surface area (Å²) in [6.07, 6.45) is 0. The van der Waals surface area contributed by atoms with Gasteiger partial charge in [0.05, 0.1) is 6.54 Å². The predicted molar refractivity (Wildman–Crippen MR) is 58.9 cm³/mol. The molecule has 0 aromatic carbocycles. The van der Waals surface area contributed by atoms with Gasteiger partial charge in [0.2, 0.25) is 5.95 Å². The number of hydrogen-bond donors (Lipinski definition) is 2. The Kier molecular flexibility index (Phi) is 3.17. The topological polar surface area (TPSA) is 60.1 Å². The van der Waals surface area contributed by atoms with Gasteiger partial charge < -0.3 is 15.1 Å². The Labute approximate surface area is 89.7 Å². The molecule has 0 bridgehead atoms. The number of aromatic nitrogens is 3. The van der Waals surface area contributed by atoms with Gasteiger partial charge in [-0.25, -0.2) is 0 Å². The summed E-state index contributed by atoms with van der Waals surface area (Å²) < 4.78 is 0. The smallest absolute Gasteiger partial charge is 0.244 e. The summed E-state index contributed by atoms with van der Waals surface area (Å²) in [4.78, 5) is 8.74. The van der Waals surface area contributed by atoms with E-state index in [0.717, 1.165) is 44.5 Å². The van der Waals surface area contributed by atoms with Gasteiger partial charge in [0.1, 0.15) is 5.82 Å². The van der Waals surface area contributed by atoms with E-state index in [4.69, 9.17) is 0 Å². The second kappa shape index (κ2) is 4.59. The van der Waals surface area contributed by atoms with E-state index in [0.29, 0.717) is 0 Å². The van der Waals surface area contributed by atoms with Crippen LogP contribution in [-0.4, -0.2) is 60.4 Å². The van der Waals surface area contributed by atoms with Crippen LogP contribution >= 0.6 is 0 Å². The van der Waals surface area contributed by atoms with Crippen molar-refractivity contribution in [3.63, 3.8) is 0 Å². The lowest BCUT2D eigenvalue weighted by atomic mass is 10.4. The molecule has 2 heterocycles. The zero-order valence-corrected chi connectivity index (χ0v) is 9.32. The monoisotopic (exact) mass is 210 g/mol. The molecule has 2 rings (SSSR count). The Bertz CT molecular complexity index is 301. The molecule has 1 aliphatic heterocycles. The van der Waals surface area contributed by atoms with E-state index in [1.807, 2.05) is 14.1 Å². The Morgan fingerprint density at radius 2 is 2.07 bits per heavy atom. The largest absolute Gasteiger partial charge is 0.337 e. The first-order valence-electron chi connectivity index (χ1n) is 5.27. The lowest BCUT2D eigenvalue weighted by Gasteiger charge is -2.25. The minimum absolute atomic E-state index is 0.805. The maximum Gasteiger partial charge on any atom is 0.244 e. The summed E-state index contributed by atoms with van der Waals surface area (Å²) >= 11 is 0. The van der Waals surface area contributed by atoms with Gasteiger partial charge in [-0.15, -0.1) is 5.10 Å². The molecular weight excluding hydrogens is 192 g/mol. The van der Waals surface area contributed by atoms with E-state index in [1.54, 1.807) is 0 Å². The molecule has 1 saturated heterocycles. The highest BCUT2D eigenvalue weighted by atomic mass is 15.4. The Morgan fingerprint density at radius 3 is 2.73 bits per heavy atom. The molecule has 0 aliphatic carbocycles. The third-order valence-corrected chi connectivity index (χ3v) is 2.39. The molecule has 0 amide bonds. The molecule has 0 radical (unpaired) electrons. The third-order valence-electron chi connectivity index (χ3n) is 2.39. The lowest BCUT2D eigenvalue weighted by molar-refractivity contribution is 0.391. The average molecular weight is 210 g/mol. The van der Waals surface area contributed by atoms with Crippen molar-refractivity contribution in [3.8, 4) is 0 Å². The van der Waals surface area contributed by atoms with Gasteiger partial charge in [-0.1, -0.05) is 0 Å². The van der Waals surface area contributed by atoms with E-state index < -0.39 is 0 Å². The number of nitrogens with one attached hydrogen (secondary N) is 2. The van der Waals surface area contributed by atoms with Crippen molar-refractivity contribution in [1.29, 1.82) is 0 Å². The number of H-pyrrole nitrogens is 1. The van der Waals surface area contributed by atoms with Crippen LogP contribution in [0.5, 0.6) is 0 Å². The summed E-state index contributed by atoms with van der Waals surface area (Å²) in [5.74, 6) is 1.75. The van der Waals surface area contributed by atoms with Crippen molar-refractivity contribution in [3.05, 3.63) is 5.82 Å². The molecule has 6 nitrogen and oxygen atoms in total. The van der Waals surface area contributed by atoms with E-state index in [1.165, 1.54) is 0 Å². The number of piperazine rings is 1. The SMILES string of the molecule is CN(C)Cc1nc(N2CCNCC2)n[nH]1. The number of hydrogen-bond acceptors (Lipinski definition) is 5. The normalized spacial score (nSPS) is 17.4. The first-order chi connectivity index (χ1) is 7.25. The number of anilines is 1. The minimum atomic E-state index is 0.805. The molecule has 1 aromatic rings. The van der Waals surface area contributed by atoms with Crippen molar-refractivity contribution >= 4 is 5.95 Å². The third kappa shape index (κ3) is 2.66. The molecule has 0 unspecified atom stereocenters. The van der Waals surface area contributed by atoms with Crippen molar-refractivity contribution in [1.82, 2.24) is 25.4 Å². The first-order valence-corrected chi connectivity index (χ1v) is 5.27. The molecule has 84 valence electrons. The summed E-state index contributed by atoms with van der Waals surface area (Å²) in [6, 6.07) is 0. The fourth-order valence-corrected chi connectivity index (χ4v) is 1.66.